The van der Waals surface area contributed by atoms with E-state index in [0.717, 1.165) is 22.3 Å². The highest BCUT2D eigenvalue weighted by atomic mass is 31.2. The summed E-state index contributed by atoms with van der Waals surface area (Å²) < 4.78 is 24.9. The van der Waals surface area contributed by atoms with Crippen LogP contribution in [0.2, 0.25) is 0 Å². The second-order valence-corrected chi connectivity index (χ2v) is 9.93. The molecule has 0 saturated heterocycles. The van der Waals surface area contributed by atoms with Crippen molar-refractivity contribution in [1.82, 2.24) is 0 Å². The van der Waals surface area contributed by atoms with Crippen LogP contribution >= 0.6 is 7.37 Å². The average molecular weight is 454 g/mol. The predicted octanol–water partition coefficient (Wildman–Crippen LogP) is 3.92. The molecule has 0 bridgehead atoms. The van der Waals surface area contributed by atoms with Gasteiger partial charge in [0.25, 0.3) is 0 Å². The van der Waals surface area contributed by atoms with E-state index < -0.39 is 13.3 Å². The summed E-state index contributed by atoms with van der Waals surface area (Å²) in [7, 11) is -3.29. The van der Waals surface area contributed by atoms with E-state index in [2.05, 4.69) is 0 Å². The molecule has 6 nitrogen and oxygen atoms in total. The topological polar surface area (TPSA) is 93.1 Å². The van der Waals surface area contributed by atoms with E-state index in [1.807, 2.05) is 18.2 Å². The molecule has 0 aliphatic carbocycles. The molecule has 0 fully saturated rings. The zero-order valence-corrected chi connectivity index (χ0v) is 18.6. The lowest BCUT2D eigenvalue weighted by Crippen LogP contribution is -2.14. The molecule has 0 spiro atoms. The molecule has 0 radical (unpaired) electrons. The lowest BCUT2D eigenvalue weighted by molar-refractivity contribution is -0.144. The predicted molar refractivity (Wildman–Crippen MR) is 122 cm³/mol. The van der Waals surface area contributed by atoms with Crippen LogP contribution in [-0.4, -0.2) is 22.3 Å². The van der Waals surface area contributed by atoms with Crippen LogP contribution in [0.15, 0.2) is 78.9 Å². The molecule has 0 amide bonds. The molecule has 3 aromatic carbocycles. The third-order valence-corrected chi connectivity index (χ3v) is 7.45. The molecule has 0 heterocycles. The first-order valence-corrected chi connectivity index (χ1v) is 12.2. The van der Waals surface area contributed by atoms with Crippen LogP contribution in [-0.2, 0) is 45.0 Å². The normalized spacial score (nSPS) is 12.8. The van der Waals surface area contributed by atoms with Crippen molar-refractivity contribution < 1.29 is 28.8 Å². The van der Waals surface area contributed by atoms with E-state index in [9.17, 15) is 9.36 Å². The van der Waals surface area contributed by atoms with Crippen molar-refractivity contribution in [1.29, 1.82) is 0 Å². The summed E-state index contributed by atoms with van der Waals surface area (Å²) in [4.78, 5) is 12.3. The summed E-state index contributed by atoms with van der Waals surface area (Å²) in [6.45, 7) is 0.153. The standard InChI is InChI=1S/C25H27O6P/c26-16-20-6-10-22(11-7-20)18-30-25(28)14-15-32(29,24-4-2-1-3-5-24)31-19-23-12-8-21(17-27)9-13-23/h1-13,26-27H,14-19H2. The largest absolute Gasteiger partial charge is 0.461 e. The number of hydrogen-bond acceptors (Lipinski definition) is 6. The number of ether oxygens (including phenoxy) is 1. The summed E-state index contributed by atoms with van der Waals surface area (Å²) in [6.07, 6.45) is -0.00162. The highest BCUT2D eigenvalue weighted by molar-refractivity contribution is 7.67. The lowest BCUT2D eigenvalue weighted by Gasteiger charge is -2.19. The molecule has 3 aromatic rings. The van der Waals surface area contributed by atoms with E-state index in [1.165, 1.54) is 0 Å². The fourth-order valence-corrected chi connectivity index (χ4v) is 5.06. The van der Waals surface area contributed by atoms with Crippen LogP contribution in [0.25, 0.3) is 0 Å². The van der Waals surface area contributed by atoms with Crippen molar-refractivity contribution in [2.24, 2.45) is 0 Å². The number of aliphatic hydroxyl groups is 2. The smallest absolute Gasteiger partial charge is 0.306 e. The molecule has 3 rings (SSSR count). The maximum absolute atomic E-state index is 13.7. The van der Waals surface area contributed by atoms with Gasteiger partial charge in [0.05, 0.1) is 26.2 Å². The molecule has 2 N–H and O–H groups in total. The second kappa shape index (κ2) is 11.7. The fourth-order valence-electron chi connectivity index (χ4n) is 3.06. The molecule has 1 unspecified atom stereocenters. The number of aliphatic hydroxyl groups excluding tert-OH is 2. The molecule has 168 valence electrons. The van der Waals surface area contributed by atoms with Gasteiger partial charge in [-0.25, -0.2) is 0 Å². The van der Waals surface area contributed by atoms with Gasteiger partial charge in [-0.2, -0.15) is 0 Å². The summed E-state index contributed by atoms with van der Waals surface area (Å²) in [5.41, 5.74) is 3.21. The number of esters is 1. The Bertz CT molecular complexity index is 1030. The Balaban J connectivity index is 1.60. The van der Waals surface area contributed by atoms with Gasteiger partial charge in [0.15, 0.2) is 0 Å². The Morgan fingerprint density at radius 2 is 1.22 bits per heavy atom. The van der Waals surface area contributed by atoms with Gasteiger partial charge in [0, 0.05) is 11.5 Å². The van der Waals surface area contributed by atoms with Gasteiger partial charge in [-0.3, -0.25) is 9.36 Å². The van der Waals surface area contributed by atoms with Crippen molar-refractivity contribution >= 4 is 18.6 Å². The van der Waals surface area contributed by atoms with Gasteiger partial charge >= 0.3 is 5.97 Å². The zero-order chi connectivity index (χ0) is 22.8. The minimum Gasteiger partial charge on any atom is -0.461 e. The average Bonchev–Trinajstić information content (AvgIpc) is 2.86. The Hall–Kier alpha value is -2.76. The lowest BCUT2D eigenvalue weighted by atomic mass is 10.1. The van der Waals surface area contributed by atoms with Crippen LogP contribution in [0.1, 0.15) is 28.7 Å². The number of benzene rings is 3. The maximum Gasteiger partial charge on any atom is 0.306 e. The highest BCUT2D eigenvalue weighted by Crippen LogP contribution is 2.47. The van der Waals surface area contributed by atoms with E-state index in [0.29, 0.717) is 5.30 Å². The van der Waals surface area contributed by atoms with Crippen LogP contribution in [0.3, 0.4) is 0 Å². The molecule has 0 aromatic heterocycles. The SMILES string of the molecule is O=C(CCP(=O)(OCc1ccc(CO)cc1)c1ccccc1)OCc1ccc(CO)cc1. The highest BCUT2D eigenvalue weighted by Gasteiger charge is 2.27. The van der Waals surface area contributed by atoms with Crippen molar-refractivity contribution in [3.05, 3.63) is 101 Å². The molecule has 1 atom stereocenters. The fraction of sp³-hybridized carbons (Fsp3) is 0.240. The molecular weight excluding hydrogens is 427 g/mol. The molecule has 0 aliphatic rings. The van der Waals surface area contributed by atoms with Gasteiger partial charge < -0.3 is 19.5 Å². The first-order valence-electron chi connectivity index (χ1n) is 10.3. The van der Waals surface area contributed by atoms with E-state index >= 15 is 0 Å². The van der Waals surface area contributed by atoms with Crippen molar-refractivity contribution in [3.8, 4) is 0 Å². The van der Waals surface area contributed by atoms with Crippen molar-refractivity contribution in [3.63, 3.8) is 0 Å². The van der Waals surface area contributed by atoms with Crippen LogP contribution in [0.4, 0.5) is 0 Å². The Labute approximate surface area is 187 Å². The molecule has 0 saturated carbocycles. The summed E-state index contributed by atoms with van der Waals surface area (Å²) >= 11 is 0. The van der Waals surface area contributed by atoms with Gasteiger partial charge in [0.1, 0.15) is 6.61 Å². The van der Waals surface area contributed by atoms with Crippen molar-refractivity contribution in [2.75, 3.05) is 6.16 Å². The second-order valence-electron chi connectivity index (χ2n) is 7.37. The molecule has 32 heavy (non-hydrogen) atoms. The van der Waals surface area contributed by atoms with Gasteiger partial charge in [-0.05, 0) is 34.4 Å². The Kier molecular flexibility index (Phi) is 8.77. The summed E-state index contributed by atoms with van der Waals surface area (Å²) in [5, 5.41) is 18.8. The summed E-state index contributed by atoms with van der Waals surface area (Å²) in [6, 6.07) is 23.2. The first kappa shape index (κ1) is 23.9. The van der Waals surface area contributed by atoms with Crippen LogP contribution in [0.5, 0.6) is 0 Å². The third kappa shape index (κ3) is 6.87. The minimum atomic E-state index is -3.29. The number of hydrogen-bond donors (Lipinski definition) is 2. The Morgan fingerprint density at radius 1 is 0.719 bits per heavy atom. The zero-order valence-electron chi connectivity index (χ0n) is 17.7. The van der Waals surface area contributed by atoms with Crippen LogP contribution in [0, 0.1) is 0 Å². The van der Waals surface area contributed by atoms with Gasteiger partial charge in [0.2, 0.25) is 7.37 Å². The Morgan fingerprint density at radius 3 is 1.75 bits per heavy atom. The third-order valence-electron chi connectivity index (χ3n) is 5.01. The van der Waals surface area contributed by atoms with E-state index in [4.69, 9.17) is 19.5 Å². The quantitative estimate of drug-likeness (QED) is 0.337. The summed E-state index contributed by atoms with van der Waals surface area (Å²) in [5.74, 6) is -0.455. The van der Waals surface area contributed by atoms with Crippen molar-refractivity contribution in [2.45, 2.75) is 32.8 Å². The number of carbonyl (C=O) groups excluding carboxylic acids is 1. The molecule has 0 aliphatic heterocycles. The number of rotatable bonds is 11. The number of carbonyl (C=O) groups is 1. The molecule has 7 heteroatoms. The van der Waals surface area contributed by atoms with E-state index in [1.54, 1.807) is 60.7 Å². The first-order chi connectivity index (χ1) is 15.5. The molecular formula is C25H27O6P. The van der Waals surface area contributed by atoms with E-state index in [-0.39, 0.29) is 39.0 Å². The minimum absolute atomic E-state index is 0.0357. The monoisotopic (exact) mass is 454 g/mol. The van der Waals surface area contributed by atoms with Crippen LogP contribution < -0.4 is 5.30 Å². The van der Waals surface area contributed by atoms with Gasteiger partial charge in [-0.15, -0.1) is 0 Å². The maximum atomic E-state index is 13.7. The van der Waals surface area contributed by atoms with Gasteiger partial charge in [-0.1, -0.05) is 66.7 Å².